The van der Waals surface area contributed by atoms with E-state index >= 15 is 0 Å². The molecule has 0 atom stereocenters. The van der Waals surface area contributed by atoms with Gasteiger partial charge in [0.05, 0.1) is 28.8 Å². The van der Waals surface area contributed by atoms with Crippen molar-refractivity contribution in [1.29, 1.82) is 0 Å². The fourth-order valence-corrected chi connectivity index (χ4v) is 4.85. The minimum atomic E-state index is -0.120. The largest absolute Gasteiger partial charge is 0.493 e. The lowest BCUT2D eigenvalue weighted by atomic mass is 10.1. The molecule has 3 rings (SSSR count). The Balaban J connectivity index is 1.97. The smallest absolute Gasteiger partial charge is 0.270 e. The van der Waals surface area contributed by atoms with Crippen LogP contribution in [0, 0.1) is 13.8 Å². The highest BCUT2D eigenvalue weighted by Crippen LogP contribution is 2.40. The molecule has 1 heterocycles. The molecule has 4 nitrogen and oxygen atoms in total. The molecule has 7 heteroatoms. The van der Waals surface area contributed by atoms with Crippen LogP contribution in [0.5, 0.6) is 11.5 Å². The highest BCUT2D eigenvalue weighted by Gasteiger charge is 2.34. The molecular weight excluding hydrogens is 458 g/mol. The number of anilines is 1. The minimum absolute atomic E-state index is 0.120. The van der Waals surface area contributed by atoms with Crippen LogP contribution in [0.2, 0.25) is 0 Å². The molecule has 0 spiro atoms. The number of hydrogen-bond donors (Lipinski definition) is 0. The summed E-state index contributed by atoms with van der Waals surface area (Å²) in [7, 11) is 1.59. The van der Waals surface area contributed by atoms with Gasteiger partial charge >= 0.3 is 0 Å². The van der Waals surface area contributed by atoms with E-state index in [9.17, 15) is 4.79 Å². The Morgan fingerprint density at radius 3 is 2.64 bits per heavy atom. The highest BCUT2D eigenvalue weighted by atomic mass is 79.9. The maximum Gasteiger partial charge on any atom is 0.270 e. The average molecular weight is 478 g/mol. The summed E-state index contributed by atoms with van der Waals surface area (Å²) in [4.78, 5) is 15.2. The van der Waals surface area contributed by atoms with E-state index < -0.39 is 0 Å². The van der Waals surface area contributed by atoms with Crippen molar-refractivity contribution < 1.29 is 14.3 Å². The number of thioether (sulfide) groups is 1. The molecule has 0 unspecified atom stereocenters. The van der Waals surface area contributed by atoms with Crippen LogP contribution >= 0.6 is 39.9 Å². The number of halogens is 1. The van der Waals surface area contributed by atoms with Gasteiger partial charge in [0.2, 0.25) is 0 Å². The summed E-state index contributed by atoms with van der Waals surface area (Å²) in [6.45, 7) is 6.46. The Morgan fingerprint density at radius 1 is 1.25 bits per heavy atom. The first-order valence-corrected chi connectivity index (χ1v) is 10.7. The van der Waals surface area contributed by atoms with E-state index in [2.05, 4.69) is 15.9 Å². The van der Waals surface area contributed by atoms with E-state index in [1.807, 2.05) is 57.2 Å². The standard InChI is InChI=1S/C21H20BrNO3S2/c1-5-26-19-15(22)9-14(10-17(19)25-4)11-18-20(24)23(21(27)28-18)16-7-6-12(2)8-13(16)3/h6-11H,5H2,1-4H3/b18-11-. The van der Waals surface area contributed by atoms with Gasteiger partial charge in [-0.15, -0.1) is 0 Å². The molecule has 146 valence electrons. The fourth-order valence-electron chi connectivity index (χ4n) is 2.99. The first-order chi connectivity index (χ1) is 13.3. The van der Waals surface area contributed by atoms with Gasteiger partial charge in [-0.25, -0.2) is 0 Å². The zero-order chi connectivity index (χ0) is 20.4. The molecule has 0 N–H and O–H groups in total. The van der Waals surface area contributed by atoms with Gasteiger partial charge in [0.25, 0.3) is 5.91 Å². The third kappa shape index (κ3) is 4.11. The molecule has 2 aromatic rings. The van der Waals surface area contributed by atoms with Crippen LogP contribution in [0.15, 0.2) is 39.7 Å². The second-order valence-electron chi connectivity index (χ2n) is 6.27. The summed E-state index contributed by atoms with van der Waals surface area (Å²) in [5.41, 5.74) is 3.81. The second kappa shape index (κ2) is 8.68. The van der Waals surface area contributed by atoms with Crippen molar-refractivity contribution in [2.45, 2.75) is 20.8 Å². The van der Waals surface area contributed by atoms with E-state index in [1.165, 1.54) is 11.8 Å². The van der Waals surface area contributed by atoms with Crippen molar-refractivity contribution in [1.82, 2.24) is 0 Å². The zero-order valence-corrected chi connectivity index (χ0v) is 19.3. The number of ether oxygens (including phenoxy) is 2. The van der Waals surface area contributed by atoms with Crippen molar-refractivity contribution in [2.24, 2.45) is 0 Å². The molecule has 1 aliphatic rings. The number of amides is 1. The van der Waals surface area contributed by atoms with Gasteiger partial charge in [0, 0.05) is 0 Å². The van der Waals surface area contributed by atoms with Crippen LogP contribution in [-0.4, -0.2) is 23.9 Å². The zero-order valence-electron chi connectivity index (χ0n) is 16.0. The molecule has 1 saturated heterocycles. The SMILES string of the molecule is CCOc1c(Br)cc(/C=C2\SC(=S)N(c3ccc(C)cc3C)C2=O)cc1OC. The van der Waals surface area contributed by atoms with Gasteiger partial charge < -0.3 is 9.47 Å². The fraction of sp³-hybridized carbons (Fsp3) is 0.238. The molecule has 1 fully saturated rings. The average Bonchev–Trinajstić information content (AvgIpc) is 2.91. The van der Waals surface area contributed by atoms with Crippen LogP contribution in [0.25, 0.3) is 6.08 Å². The van der Waals surface area contributed by atoms with Gasteiger partial charge in [-0.1, -0.05) is 41.7 Å². The monoisotopic (exact) mass is 477 g/mol. The van der Waals surface area contributed by atoms with Crippen molar-refractivity contribution in [2.75, 3.05) is 18.6 Å². The number of thiocarbonyl (C=S) groups is 1. The van der Waals surface area contributed by atoms with E-state index in [1.54, 1.807) is 12.0 Å². The highest BCUT2D eigenvalue weighted by molar-refractivity contribution is 9.10. The molecule has 0 aliphatic carbocycles. The van der Waals surface area contributed by atoms with Crippen LogP contribution in [-0.2, 0) is 4.79 Å². The summed E-state index contributed by atoms with van der Waals surface area (Å²) in [6.07, 6.45) is 1.83. The van der Waals surface area contributed by atoms with E-state index in [0.29, 0.717) is 27.3 Å². The first kappa shape index (κ1) is 20.9. The number of hydrogen-bond acceptors (Lipinski definition) is 5. The lowest BCUT2D eigenvalue weighted by Crippen LogP contribution is -2.28. The Morgan fingerprint density at radius 2 is 2.00 bits per heavy atom. The molecule has 0 radical (unpaired) electrons. The number of methoxy groups -OCH3 is 1. The van der Waals surface area contributed by atoms with E-state index in [0.717, 1.165) is 26.9 Å². The van der Waals surface area contributed by atoms with Gasteiger partial charge in [-0.05, 0) is 72.1 Å². The minimum Gasteiger partial charge on any atom is -0.493 e. The van der Waals surface area contributed by atoms with Gasteiger partial charge in [0.15, 0.2) is 15.8 Å². The molecule has 28 heavy (non-hydrogen) atoms. The number of rotatable bonds is 5. The number of nitrogens with zero attached hydrogens (tertiary/aromatic N) is 1. The van der Waals surface area contributed by atoms with Crippen molar-refractivity contribution in [3.8, 4) is 11.5 Å². The molecule has 1 amide bonds. The van der Waals surface area contributed by atoms with E-state index in [4.69, 9.17) is 21.7 Å². The van der Waals surface area contributed by atoms with Gasteiger partial charge in [0.1, 0.15) is 0 Å². The van der Waals surface area contributed by atoms with Crippen LogP contribution in [0.1, 0.15) is 23.6 Å². The first-order valence-electron chi connectivity index (χ1n) is 8.71. The number of benzene rings is 2. The molecule has 0 saturated carbocycles. The lowest BCUT2D eigenvalue weighted by Gasteiger charge is -2.17. The van der Waals surface area contributed by atoms with Crippen LogP contribution in [0.4, 0.5) is 5.69 Å². The summed E-state index contributed by atoms with van der Waals surface area (Å²) in [5.74, 6) is 1.13. The topological polar surface area (TPSA) is 38.8 Å². The predicted octanol–water partition coefficient (Wildman–Crippen LogP) is 5.88. The Hall–Kier alpha value is -1.83. The van der Waals surface area contributed by atoms with Crippen LogP contribution < -0.4 is 14.4 Å². The quantitative estimate of drug-likeness (QED) is 0.397. The molecular formula is C21H20BrNO3S2. The Bertz CT molecular complexity index is 988. The van der Waals surface area contributed by atoms with Gasteiger partial charge in [-0.2, -0.15) is 0 Å². The van der Waals surface area contributed by atoms with Crippen molar-refractivity contribution >= 4 is 61.9 Å². The third-order valence-corrected chi connectivity index (χ3v) is 6.12. The molecule has 1 aliphatic heterocycles. The summed E-state index contributed by atoms with van der Waals surface area (Å²) in [6, 6.07) is 9.72. The van der Waals surface area contributed by atoms with Crippen molar-refractivity contribution in [3.63, 3.8) is 0 Å². The summed E-state index contributed by atoms with van der Waals surface area (Å²) < 4.78 is 12.4. The molecule has 2 aromatic carbocycles. The van der Waals surface area contributed by atoms with Crippen molar-refractivity contribution in [3.05, 3.63) is 56.4 Å². The number of carbonyl (C=O) groups is 1. The Kier molecular flexibility index (Phi) is 6.47. The number of carbonyl (C=O) groups excluding carboxylic acids is 1. The normalized spacial score (nSPS) is 15.5. The summed E-state index contributed by atoms with van der Waals surface area (Å²) >= 11 is 10.3. The second-order valence-corrected chi connectivity index (χ2v) is 8.80. The lowest BCUT2D eigenvalue weighted by molar-refractivity contribution is -0.113. The number of aryl methyl sites for hydroxylation is 2. The van der Waals surface area contributed by atoms with Gasteiger partial charge in [-0.3, -0.25) is 9.69 Å². The maximum atomic E-state index is 13.0. The third-order valence-electron chi connectivity index (χ3n) is 4.23. The maximum absolute atomic E-state index is 13.0. The predicted molar refractivity (Wildman–Crippen MR) is 123 cm³/mol. The molecule has 0 aromatic heterocycles. The Labute approximate surface area is 183 Å². The van der Waals surface area contributed by atoms with Crippen LogP contribution in [0.3, 0.4) is 0 Å². The van der Waals surface area contributed by atoms with E-state index in [-0.39, 0.29) is 5.91 Å². The summed E-state index contributed by atoms with van der Waals surface area (Å²) in [5, 5.41) is 0. The molecule has 0 bridgehead atoms.